The summed E-state index contributed by atoms with van der Waals surface area (Å²) in [5.74, 6) is 0.347. The van der Waals surface area contributed by atoms with Gasteiger partial charge < -0.3 is 5.73 Å². The third-order valence-corrected chi connectivity index (χ3v) is 6.19. The molecule has 0 saturated heterocycles. The SMILES string of the molecule is Cc1ccc(S(=O)(=O)N(C)CCC(N)C(C)C)cc1Br.Cl. The lowest BCUT2D eigenvalue weighted by atomic mass is 10.0. The van der Waals surface area contributed by atoms with Crippen molar-refractivity contribution in [2.45, 2.75) is 38.1 Å². The van der Waals surface area contributed by atoms with Gasteiger partial charge in [-0.1, -0.05) is 35.8 Å². The number of sulfonamides is 1. The Labute approximate surface area is 142 Å². The molecule has 0 spiro atoms. The van der Waals surface area contributed by atoms with E-state index in [1.807, 2.05) is 20.8 Å². The summed E-state index contributed by atoms with van der Waals surface area (Å²) in [6.45, 7) is 6.42. The van der Waals surface area contributed by atoms with E-state index in [4.69, 9.17) is 5.73 Å². The maximum Gasteiger partial charge on any atom is 0.242 e. The highest BCUT2D eigenvalue weighted by atomic mass is 79.9. The molecule has 0 aliphatic carbocycles. The molecule has 0 saturated carbocycles. The first-order valence-electron chi connectivity index (χ1n) is 6.64. The number of hydrogen-bond acceptors (Lipinski definition) is 3. The summed E-state index contributed by atoms with van der Waals surface area (Å²) in [4.78, 5) is 0.301. The molecule has 0 amide bonds. The fourth-order valence-electron chi connectivity index (χ4n) is 1.70. The molecule has 7 heteroatoms. The molecule has 0 aliphatic rings. The van der Waals surface area contributed by atoms with Gasteiger partial charge >= 0.3 is 0 Å². The van der Waals surface area contributed by atoms with Gasteiger partial charge in [-0.3, -0.25) is 0 Å². The summed E-state index contributed by atoms with van der Waals surface area (Å²) in [6, 6.07) is 5.08. The minimum Gasteiger partial charge on any atom is -0.327 e. The van der Waals surface area contributed by atoms with Crippen LogP contribution in [-0.4, -0.2) is 32.4 Å². The van der Waals surface area contributed by atoms with E-state index in [2.05, 4.69) is 15.9 Å². The normalized spacial score (nSPS) is 13.3. The first-order chi connectivity index (χ1) is 9.16. The van der Waals surface area contributed by atoms with Crippen molar-refractivity contribution in [1.29, 1.82) is 0 Å². The Kier molecular flexibility index (Phi) is 8.42. The second-order valence-corrected chi connectivity index (χ2v) is 8.33. The van der Waals surface area contributed by atoms with E-state index in [9.17, 15) is 8.42 Å². The lowest BCUT2D eigenvalue weighted by molar-refractivity contribution is 0.397. The monoisotopic (exact) mass is 398 g/mol. The highest BCUT2D eigenvalue weighted by molar-refractivity contribution is 9.10. The zero-order chi connectivity index (χ0) is 15.5. The van der Waals surface area contributed by atoms with Gasteiger partial charge in [-0.25, -0.2) is 12.7 Å². The van der Waals surface area contributed by atoms with Gasteiger partial charge in [-0.05, 0) is 37.0 Å². The zero-order valence-electron chi connectivity index (χ0n) is 12.8. The van der Waals surface area contributed by atoms with Gasteiger partial charge in [-0.15, -0.1) is 12.4 Å². The molecular formula is C14H24BrClN2O2S. The Morgan fingerprint density at radius 2 is 1.90 bits per heavy atom. The predicted molar refractivity (Wildman–Crippen MR) is 93.4 cm³/mol. The Morgan fingerprint density at radius 3 is 2.38 bits per heavy atom. The van der Waals surface area contributed by atoms with Gasteiger partial charge in [-0.2, -0.15) is 0 Å². The highest BCUT2D eigenvalue weighted by Crippen LogP contribution is 2.22. The summed E-state index contributed by atoms with van der Waals surface area (Å²) in [6.07, 6.45) is 0.653. The zero-order valence-corrected chi connectivity index (χ0v) is 16.1. The number of benzene rings is 1. The van der Waals surface area contributed by atoms with E-state index < -0.39 is 10.0 Å². The molecule has 2 N–H and O–H groups in total. The first-order valence-corrected chi connectivity index (χ1v) is 8.87. The summed E-state index contributed by atoms with van der Waals surface area (Å²) in [5.41, 5.74) is 6.97. The van der Waals surface area contributed by atoms with Crippen LogP contribution in [0.15, 0.2) is 27.6 Å². The second-order valence-electron chi connectivity index (χ2n) is 5.43. The molecular weight excluding hydrogens is 376 g/mol. The summed E-state index contributed by atoms with van der Waals surface area (Å²) < 4.78 is 27.0. The molecule has 0 aliphatic heterocycles. The van der Waals surface area contributed by atoms with E-state index in [1.165, 1.54) is 4.31 Å². The van der Waals surface area contributed by atoms with E-state index in [0.29, 0.717) is 23.8 Å². The number of hydrogen-bond donors (Lipinski definition) is 1. The first kappa shape index (κ1) is 20.9. The van der Waals surface area contributed by atoms with Crippen LogP contribution < -0.4 is 5.73 Å². The Morgan fingerprint density at radius 1 is 1.33 bits per heavy atom. The molecule has 0 heterocycles. The predicted octanol–water partition coefficient (Wildman–Crippen LogP) is 3.17. The highest BCUT2D eigenvalue weighted by Gasteiger charge is 2.22. The number of aryl methyl sites for hydroxylation is 1. The van der Waals surface area contributed by atoms with Crippen LogP contribution in [-0.2, 0) is 10.0 Å². The third kappa shape index (κ3) is 5.53. The van der Waals surface area contributed by atoms with E-state index in [0.717, 1.165) is 10.0 Å². The molecule has 1 aromatic carbocycles. The average molecular weight is 400 g/mol. The maximum atomic E-state index is 12.4. The second kappa shape index (κ2) is 8.48. The van der Waals surface area contributed by atoms with Crippen LogP contribution >= 0.6 is 28.3 Å². The molecule has 1 rings (SSSR count). The molecule has 21 heavy (non-hydrogen) atoms. The smallest absolute Gasteiger partial charge is 0.242 e. The van der Waals surface area contributed by atoms with Crippen LogP contribution in [0.2, 0.25) is 0 Å². The molecule has 4 nitrogen and oxygen atoms in total. The van der Waals surface area contributed by atoms with Gasteiger partial charge in [0.05, 0.1) is 4.90 Å². The lowest BCUT2D eigenvalue weighted by Crippen LogP contribution is -2.34. The summed E-state index contributed by atoms with van der Waals surface area (Å²) in [5, 5.41) is 0. The average Bonchev–Trinajstić information content (AvgIpc) is 2.38. The number of halogens is 2. The van der Waals surface area contributed by atoms with E-state index in [1.54, 1.807) is 25.2 Å². The van der Waals surface area contributed by atoms with Gasteiger partial charge in [0.25, 0.3) is 0 Å². The number of nitrogens with two attached hydrogens (primary N) is 1. The van der Waals surface area contributed by atoms with Crippen LogP contribution in [0.25, 0.3) is 0 Å². The molecule has 1 aromatic rings. The molecule has 1 atom stereocenters. The van der Waals surface area contributed by atoms with Crippen molar-refractivity contribution in [2.24, 2.45) is 11.7 Å². The third-order valence-electron chi connectivity index (χ3n) is 3.49. The van der Waals surface area contributed by atoms with Crippen LogP contribution in [0.5, 0.6) is 0 Å². The summed E-state index contributed by atoms with van der Waals surface area (Å²) >= 11 is 3.37. The van der Waals surface area contributed by atoms with Crippen LogP contribution in [0.1, 0.15) is 25.8 Å². The van der Waals surface area contributed by atoms with Crippen molar-refractivity contribution < 1.29 is 8.42 Å². The Bertz CT molecular complexity index is 564. The van der Waals surface area contributed by atoms with Gasteiger partial charge in [0.2, 0.25) is 10.0 Å². The largest absolute Gasteiger partial charge is 0.327 e. The van der Waals surface area contributed by atoms with Crippen molar-refractivity contribution in [3.63, 3.8) is 0 Å². The quantitative estimate of drug-likeness (QED) is 0.799. The Hall–Kier alpha value is -0.140. The van der Waals surface area contributed by atoms with Crippen LogP contribution in [0, 0.1) is 12.8 Å². The van der Waals surface area contributed by atoms with Crippen molar-refractivity contribution in [2.75, 3.05) is 13.6 Å². The molecule has 1 unspecified atom stereocenters. The van der Waals surface area contributed by atoms with Crippen LogP contribution in [0.3, 0.4) is 0 Å². The number of nitrogens with zero attached hydrogens (tertiary/aromatic N) is 1. The van der Waals surface area contributed by atoms with Crippen molar-refractivity contribution >= 4 is 38.4 Å². The van der Waals surface area contributed by atoms with Crippen molar-refractivity contribution in [1.82, 2.24) is 4.31 Å². The van der Waals surface area contributed by atoms with E-state index >= 15 is 0 Å². The molecule has 0 fully saturated rings. The minimum atomic E-state index is -3.45. The van der Waals surface area contributed by atoms with Gasteiger partial charge in [0, 0.05) is 24.1 Å². The summed E-state index contributed by atoms with van der Waals surface area (Å²) in [7, 11) is -1.86. The Balaban J connectivity index is 0.00000400. The van der Waals surface area contributed by atoms with Crippen LogP contribution in [0.4, 0.5) is 0 Å². The fraction of sp³-hybridized carbons (Fsp3) is 0.571. The molecule has 122 valence electrons. The van der Waals surface area contributed by atoms with Crippen molar-refractivity contribution in [3.05, 3.63) is 28.2 Å². The molecule has 0 radical (unpaired) electrons. The van der Waals surface area contributed by atoms with Crippen molar-refractivity contribution in [3.8, 4) is 0 Å². The molecule has 0 aromatic heterocycles. The minimum absolute atomic E-state index is 0. The van der Waals surface area contributed by atoms with Gasteiger partial charge in [0.15, 0.2) is 0 Å². The fourth-order valence-corrected chi connectivity index (χ4v) is 3.44. The molecule has 0 bridgehead atoms. The lowest BCUT2D eigenvalue weighted by Gasteiger charge is -2.21. The number of rotatable bonds is 6. The maximum absolute atomic E-state index is 12.4. The van der Waals surface area contributed by atoms with E-state index in [-0.39, 0.29) is 18.4 Å². The topological polar surface area (TPSA) is 63.4 Å². The standard InChI is InChI=1S/C14H23BrN2O2S.ClH/c1-10(2)14(16)7-8-17(4)20(18,19)12-6-5-11(3)13(15)9-12;/h5-6,9-10,14H,7-8,16H2,1-4H3;1H. The van der Waals surface area contributed by atoms with Gasteiger partial charge in [0.1, 0.15) is 0 Å².